The van der Waals surface area contributed by atoms with Gasteiger partial charge in [-0.2, -0.15) is 0 Å². The smallest absolute Gasteiger partial charge is 0.230 e. The van der Waals surface area contributed by atoms with Gasteiger partial charge in [0.25, 0.3) is 0 Å². The number of hydrogen-bond acceptors (Lipinski definition) is 5. The number of nitrogens with zero attached hydrogens (tertiary/aromatic N) is 1. The quantitative estimate of drug-likeness (QED) is 0.616. The number of ketones is 1. The topological polar surface area (TPSA) is 88.2 Å². The molecule has 2 N–H and O–H groups in total. The molecule has 0 aliphatic rings. The molecular weight excluding hydrogens is 374 g/mol. The van der Waals surface area contributed by atoms with E-state index >= 15 is 0 Å². The number of benzene rings is 2. The fraction of sp³-hybridized carbons (Fsp3) is 0.143. The van der Waals surface area contributed by atoms with Crippen LogP contribution in [0.5, 0.6) is 0 Å². The molecule has 142 valence electrons. The summed E-state index contributed by atoms with van der Waals surface area (Å²) in [5, 5.41) is 8.16. The number of anilines is 2. The van der Waals surface area contributed by atoms with Crippen molar-refractivity contribution >= 4 is 40.3 Å². The maximum Gasteiger partial charge on any atom is 0.230 e. The van der Waals surface area contributed by atoms with E-state index in [-0.39, 0.29) is 24.0 Å². The third kappa shape index (κ3) is 5.11. The van der Waals surface area contributed by atoms with Crippen LogP contribution < -0.4 is 10.6 Å². The van der Waals surface area contributed by atoms with Gasteiger partial charge in [0.1, 0.15) is 5.01 Å². The van der Waals surface area contributed by atoms with Crippen LogP contribution in [0, 0.1) is 0 Å². The Morgan fingerprint density at radius 3 is 2.39 bits per heavy atom. The lowest BCUT2D eigenvalue weighted by Crippen LogP contribution is -2.14. The molecule has 0 saturated heterocycles. The summed E-state index contributed by atoms with van der Waals surface area (Å²) < 4.78 is 0. The summed E-state index contributed by atoms with van der Waals surface area (Å²) >= 11 is 1.45. The van der Waals surface area contributed by atoms with Gasteiger partial charge >= 0.3 is 0 Å². The summed E-state index contributed by atoms with van der Waals surface area (Å²) in [4.78, 5) is 39.3. The van der Waals surface area contributed by atoms with E-state index in [4.69, 9.17) is 0 Å². The van der Waals surface area contributed by atoms with Crippen LogP contribution in [0.25, 0.3) is 10.6 Å². The van der Waals surface area contributed by atoms with Crippen molar-refractivity contribution in [1.29, 1.82) is 0 Å². The highest BCUT2D eigenvalue weighted by molar-refractivity contribution is 7.13. The summed E-state index contributed by atoms with van der Waals surface area (Å²) in [5.41, 5.74) is 3.45. The summed E-state index contributed by atoms with van der Waals surface area (Å²) in [6.45, 7) is 2.95. The van der Waals surface area contributed by atoms with Gasteiger partial charge in [-0.25, -0.2) is 4.98 Å². The van der Waals surface area contributed by atoms with Crippen molar-refractivity contribution in [2.45, 2.75) is 20.3 Å². The zero-order chi connectivity index (χ0) is 20.1. The number of hydrogen-bond donors (Lipinski definition) is 2. The number of Topliss-reactive ketones (excluding diaryl/α,β-unsaturated/α-hetero) is 1. The number of rotatable bonds is 6. The van der Waals surface area contributed by atoms with Crippen molar-refractivity contribution in [2.75, 3.05) is 10.6 Å². The summed E-state index contributed by atoms with van der Waals surface area (Å²) in [7, 11) is 0. The first-order valence-corrected chi connectivity index (χ1v) is 9.52. The molecule has 0 bridgehead atoms. The second-order valence-corrected chi connectivity index (χ2v) is 7.12. The van der Waals surface area contributed by atoms with Gasteiger partial charge in [0, 0.05) is 34.8 Å². The molecule has 0 fully saturated rings. The van der Waals surface area contributed by atoms with Gasteiger partial charge in [-0.05, 0) is 43.3 Å². The molecule has 2 aromatic carbocycles. The second kappa shape index (κ2) is 8.58. The number of amides is 2. The van der Waals surface area contributed by atoms with Crippen LogP contribution in [0.15, 0.2) is 53.9 Å². The first kappa shape index (κ1) is 19.4. The van der Waals surface area contributed by atoms with Crippen molar-refractivity contribution in [3.05, 3.63) is 65.2 Å². The zero-order valence-corrected chi connectivity index (χ0v) is 16.3. The Hall–Kier alpha value is -3.32. The Morgan fingerprint density at radius 2 is 1.71 bits per heavy atom. The maximum atomic E-state index is 12.3. The predicted molar refractivity (Wildman–Crippen MR) is 111 cm³/mol. The Balaban J connectivity index is 1.64. The highest BCUT2D eigenvalue weighted by Crippen LogP contribution is 2.25. The lowest BCUT2D eigenvalue weighted by Gasteiger charge is -2.05. The molecule has 3 rings (SSSR count). The van der Waals surface area contributed by atoms with Gasteiger partial charge in [-0.1, -0.05) is 12.1 Å². The molecule has 2 amide bonds. The first-order chi connectivity index (χ1) is 13.4. The van der Waals surface area contributed by atoms with Gasteiger partial charge in [0.05, 0.1) is 12.1 Å². The molecular formula is C21H19N3O3S. The molecule has 0 aliphatic heterocycles. The van der Waals surface area contributed by atoms with Crippen molar-refractivity contribution in [2.24, 2.45) is 0 Å². The minimum absolute atomic E-state index is 0.0511. The van der Waals surface area contributed by atoms with Gasteiger partial charge in [0.15, 0.2) is 5.78 Å². The molecule has 6 nitrogen and oxygen atoms in total. The van der Waals surface area contributed by atoms with Crippen LogP contribution >= 0.6 is 11.3 Å². The van der Waals surface area contributed by atoms with Crippen molar-refractivity contribution < 1.29 is 14.4 Å². The summed E-state index contributed by atoms with van der Waals surface area (Å²) in [5.74, 6) is -0.368. The molecule has 0 saturated carbocycles. The molecule has 1 aromatic heterocycles. The van der Waals surface area contributed by atoms with Crippen molar-refractivity contribution in [3.8, 4) is 10.6 Å². The van der Waals surface area contributed by atoms with Crippen LogP contribution in [-0.2, 0) is 16.0 Å². The van der Waals surface area contributed by atoms with E-state index in [1.165, 1.54) is 25.2 Å². The van der Waals surface area contributed by atoms with Crippen LogP contribution in [0.1, 0.15) is 29.9 Å². The number of carbonyl (C=O) groups is 3. The molecule has 28 heavy (non-hydrogen) atoms. The molecule has 0 aliphatic carbocycles. The van der Waals surface area contributed by atoms with E-state index in [1.54, 1.807) is 24.3 Å². The van der Waals surface area contributed by atoms with Crippen molar-refractivity contribution in [3.63, 3.8) is 0 Å². The standard InChI is InChI=1S/C21H19N3O3S/c1-13(25)16-4-3-5-18(10-16)23-20(27)11-19-12-28-21(24-19)15-6-8-17(9-7-15)22-14(2)26/h3-10,12H,11H2,1-2H3,(H,22,26)(H,23,27). The minimum Gasteiger partial charge on any atom is -0.326 e. The normalized spacial score (nSPS) is 10.4. The molecule has 0 unspecified atom stereocenters. The highest BCUT2D eigenvalue weighted by atomic mass is 32.1. The van der Waals surface area contributed by atoms with Gasteiger partial charge in [-0.15, -0.1) is 11.3 Å². The van der Waals surface area contributed by atoms with Gasteiger partial charge < -0.3 is 10.6 Å². The SMILES string of the molecule is CC(=O)Nc1ccc(-c2nc(CC(=O)Nc3cccc(C(C)=O)c3)cs2)cc1. The summed E-state index contributed by atoms with van der Waals surface area (Å²) in [6, 6.07) is 14.2. The van der Waals surface area contributed by atoms with Crippen LogP contribution in [-0.4, -0.2) is 22.6 Å². The fourth-order valence-corrected chi connectivity index (χ4v) is 3.43. The molecule has 1 heterocycles. The Bertz CT molecular complexity index is 1030. The van der Waals surface area contributed by atoms with E-state index in [0.717, 1.165) is 16.3 Å². The number of carbonyl (C=O) groups excluding carboxylic acids is 3. The lowest BCUT2D eigenvalue weighted by atomic mass is 10.1. The number of nitrogens with one attached hydrogen (secondary N) is 2. The van der Waals surface area contributed by atoms with Gasteiger partial charge in [0.2, 0.25) is 11.8 Å². The van der Waals surface area contributed by atoms with E-state index in [9.17, 15) is 14.4 Å². The average Bonchev–Trinajstić information content (AvgIpc) is 3.10. The highest BCUT2D eigenvalue weighted by Gasteiger charge is 2.10. The van der Waals surface area contributed by atoms with E-state index in [0.29, 0.717) is 16.9 Å². The fourth-order valence-electron chi connectivity index (χ4n) is 2.61. The third-order valence-corrected chi connectivity index (χ3v) is 4.84. The Kier molecular flexibility index (Phi) is 5.96. The molecule has 0 atom stereocenters. The molecule has 0 radical (unpaired) electrons. The Labute approximate surface area is 166 Å². The zero-order valence-electron chi connectivity index (χ0n) is 15.5. The third-order valence-electron chi connectivity index (χ3n) is 3.90. The van der Waals surface area contributed by atoms with Gasteiger partial charge in [-0.3, -0.25) is 14.4 Å². The number of thiazole rings is 1. The van der Waals surface area contributed by atoms with E-state index in [2.05, 4.69) is 15.6 Å². The van der Waals surface area contributed by atoms with Crippen LogP contribution in [0.3, 0.4) is 0 Å². The molecule has 3 aromatic rings. The maximum absolute atomic E-state index is 12.3. The monoisotopic (exact) mass is 393 g/mol. The second-order valence-electron chi connectivity index (χ2n) is 6.26. The van der Waals surface area contributed by atoms with E-state index < -0.39 is 0 Å². The average molecular weight is 393 g/mol. The van der Waals surface area contributed by atoms with Crippen LogP contribution in [0.2, 0.25) is 0 Å². The van der Waals surface area contributed by atoms with Crippen LogP contribution in [0.4, 0.5) is 11.4 Å². The molecule has 0 spiro atoms. The first-order valence-electron chi connectivity index (χ1n) is 8.64. The van der Waals surface area contributed by atoms with E-state index in [1.807, 2.05) is 29.6 Å². The largest absolute Gasteiger partial charge is 0.326 e. The molecule has 7 heteroatoms. The Morgan fingerprint density at radius 1 is 0.964 bits per heavy atom. The lowest BCUT2D eigenvalue weighted by molar-refractivity contribution is -0.116. The minimum atomic E-state index is -0.196. The predicted octanol–water partition coefficient (Wildman–Crippen LogP) is 4.15. The number of aromatic nitrogens is 1. The van der Waals surface area contributed by atoms with Crippen molar-refractivity contribution in [1.82, 2.24) is 4.98 Å². The summed E-state index contributed by atoms with van der Waals surface area (Å²) in [6.07, 6.45) is 0.144.